The van der Waals surface area contributed by atoms with Crippen LogP contribution in [0.4, 0.5) is 0 Å². The van der Waals surface area contributed by atoms with E-state index in [2.05, 4.69) is 53.3 Å². The van der Waals surface area contributed by atoms with Gasteiger partial charge in [-0.3, -0.25) is 0 Å². The molecule has 0 radical (unpaired) electrons. The number of benzene rings is 1. The second-order valence-corrected chi connectivity index (χ2v) is 7.04. The van der Waals surface area contributed by atoms with Crippen molar-refractivity contribution in [2.24, 2.45) is 5.41 Å². The molecular formula is C15H20BrNO. The first-order chi connectivity index (χ1) is 8.47. The van der Waals surface area contributed by atoms with Gasteiger partial charge in [-0.05, 0) is 38.9 Å². The van der Waals surface area contributed by atoms with Crippen molar-refractivity contribution in [3.63, 3.8) is 0 Å². The highest BCUT2D eigenvalue weighted by Crippen LogP contribution is 2.59. The molecule has 2 aliphatic rings. The molecule has 3 rings (SSSR count). The predicted octanol–water partition coefficient (Wildman–Crippen LogP) is 4.05. The summed E-state index contributed by atoms with van der Waals surface area (Å²) >= 11 is 3.54. The SMILES string of the molecule is CNC1CC(C)(C2(C)CC2)Oc2cc(Br)ccc21. The van der Waals surface area contributed by atoms with E-state index < -0.39 is 0 Å². The number of rotatable bonds is 2. The highest BCUT2D eigenvalue weighted by atomic mass is 79.9. The Kier molecular flexibility index (Phi) is 2.76. The van der Waals surface area contributed by atoms with Crippen LogP contribution in [0.15, 0.2) is 22.7 Å². The van der Waals surface area contributed by atoms with Gasteiger partial charge in [0.15, 0.2) is 0 Å². The van der Waals surface area contributed by atoms with E-state index in [1.54, 1.807) is 0 Å². The quantitative estimate of drug-likeness (QED) is 0.890. The predicted molar refractivity (Wildman–Crippen MR) is 76.9 cm³/mol. The molecule has 1 aliphatic carbocycles. The molecule has 0 amide bonds. The fourth-order valence-electron chi connectivity index (χ4n) is 3.01. The standard InChI is InChI=1S/C15H20BrNO/c1-14(6-7-14)15(2)9-12(17-3)11-5-4-10(16)8-13(11)18-15/h4-5,8,12,17H,6-7,9H2,1-3H3. The number of hydrogen-bond acceptors (Lipinski definition) is 2. The van der Waals surface area contributed by atoms with Crippen molar-refractivity contribution in [2.45, 2.75) is 44.8 Å². The Morgan fingerprint density at radius 3 is 2.67 bits per heavy atom. The molecule has 18 heavy (non-hydrogen) atoms. The molecular weight excluding hydrogens is 290 g/mol. The number of nitrogens with one attached hydrogen (secondary N) is 1. The molecule has 0 bridgehead atoms. The maximum atomic E-state index is 6.39. The summed E-state index contributed by atoms with van der Waals surface area (Å²) < 4.78 is 7.47. The van der Waals surface area contributed by atoms with Crippen LogP contribution in [0.1, 0.15) is 44.7 Å². The zero-order valence-corrected chi connectivity index (χ0v) is 12.8. The third-order valence-corrected chi connectivity index (χ3v) is 5.40. The van der Waals surface area contributed by atoms with E-state index in [1.807, 2.05) is 7.05 Å². The Morgan fingerprint density at radius 1 is 1.33 bits per heavy atom. The minimum absolute atomic E-state index is 0.0472. The second kappa shape index (κ2) is 3.97. The summed E-state index contributed by atoms with van der Waals surface area (Å²) in [6.07, 6.45) is 3.61. The molecule has 0 aromatic heterocycles. The summed E-state index contributed by atoms with van der Waals surface area (Å²) in [5.74, 6) is 1.03. The summed E-state index contributed by atoms with van der Waals surface area (Å²) in [6.45, 7) is 4.62. The Morgan fingerprint density at radius 2 is 2.06 bits per heavy atom. The summed E-state index contributed by atoms with van der Waals surface area (Å²) in [5, 5.41) is 3.44. The van der Waals surface area contributed by atoms with Crippen LogP contribution >= 0.6 is 15.9 Å². The lowest BCUT2D eigenvalue weighted by Crippen LogP contribution is -2.47. The molecule has 98 valence electrons. The third-order valence-electron chi connectivity index (χ3n) is 4.91. The summed E-state index contributed by atoms with van der Waals surface area (Å²) in [6, 6.07) is 6.75. The number of fused-ring (bicyclic) bond motifs is 1. The van der Waals surface area contributed by atoms with Crippen LogP contribution < -0.4 is 10.1 Å². The zero-order chi connectivity index (χ0) is 13.0. The molecule has 1 aromatic carbocycles. The lowest BCUT2D eigenvalue weighted by molar-refractivity contribution is -0.0126. The molecule has 1 aromatic rings. The fraction of sp³-hybridized carbons (Fsp3) is 0.600. The lowest BCUT2D eigenvalue weighted by atomic mass is 9.78. The molecule has 0 spiro atoms. The molecule has 2 nitrogen and oxygen atoms in total. The molecule has 2 atom stereocenters. The van der Waals surface area contributed by atoms with Gasteiger partial charge in [0.05, 0.1) is 0 Å². The fourth-order valence-corrected chi connectivity index (χ4v) is 3.35. The average molecular weight is 310 g/mol. The van der Waals surface area contributed by atoms with Gasteiger partial charge in [0, 0.05) is 27.9 Å². The van der Waals surface area contributed by atoms with Gasteiger partial charge in [-0.25, -0.2) is 0 Å². The first kappa shape index (κ1) is 12.5. The Balaban J connectivity index is 2.03. The van der Waals surface area contributed by atoms with Crippen LogP contribution in [-0.4, -0.2) is 12.6 Å². The average Bonchev–Trinajstić information content (AvgIpc) is 3.07. The maximum Gasteiger partial charge on any atom is 0.126 e. The van der Waals surface area contributed by atoms with Gasteiger partial charge in [0.1, 0.15) is 11.4 Å². The third kappa shape index (κ3) is 1.79. The molecule has 1 N–H and O–H groups in total. The van der Waals surface area contributed by atoms with E-state index in [9.17, 15) is 0 Å². The van der Waals surface area contributed by atoms with E-state index in [1.165, 1.54) is 18.4 Å². The van der Waals surface area contributed by atoms with Crippen LogP contribution in [0.5, 0.6) is 5.75 Å². The zero-order valence-electron chi connectivity index (χ0n) is 11.2. The van der Waals surface area contributed by atoms with E-state index in [0.717, 1.165) is 16.6 Å². The van der Waals surface area contributed by atoms with Crippen molar-refractivity contribution in [3.8, 4) is 5.75 Å². The Bertz CT molecular complexity index is 483. The molecule has 1 aliphatic heterocycles. The van der Waals surface area contributed by atoms with Crippen LogP contribution in [0.2, 0.25) is 0 Å². The van der Waals surface area contributed by atoms with Gasteiger partial charge in [0.2, 0.25) is 0 Å². The number of ether oxygens (including phenoxy) is 1. The second-order valence-electron chi connectivity index (χ2n) is 6.12. The summed E-state index contributed by atoms with van der Waals surface area (Å²) in [4.78, 5) is 0. The molecule has 1 fully saturated rings. The lowest BCUT2D eigenvalue weighted by Gasteiger charge is -2.44. The molecule has 2 unspecified atom stereocenters. The van der Waals surface area contributed by atoms with Crippen LogP contribution in [-0.2, 0) is 0 Å². The Labute approximate surface area is 117 Å². The van der Waals surface area contributed by atoms with Gasteiger partial charge in [-0.1, -0.05) is 28.9 Å². The highest BCUT2D eigenvalue weighted by Gasteiger charge is 2.57. The summed E-state index contributed by atoms with van der Waals surface area (Å²) in [5.41, 5.74) is 1.58. The normalized spacial score (nSPS) is 32.6. The molecule has 1 heterocycles. The van der Waals surface area contributed by atoms with Crippen molar-refractivity contribution >= 4 is 15.9 Å². The van der Waals surface area contributed by atoms with Gasteiger partial charge in [0.25, 0.3) is 0 Å². The van der Waals surface area contributed by atoms with Gasteiger partial charge in [-0.15, -0.1) is 0 Å². The number of halogens is 1. The van der Waals surface area contributed by atoms with Crippen molar-refractivity contribution in [1.82, 2.24) is 5.32 Å². The molecule has 3 heteroatoms. The van der Waals surface area contributed by atoms with E-state index in [-0.39, 0.29) is 5.60 Å². The summed E-state index contributed by atoms with van der Waals surface area (Å²) in [7, 11) is 2.04. The minimum Gasteiger partial charge on any atom is -0.487 e. The highest BCUT2D eigenvalue weighted by molar-refractivity contribution is 9.10. The van der Waals surface area contributed by atoms with Gasteiger partial charge in [-0.2, -0.15) is 0 Å². The van der Waals surface area contributed by atoms with Gasteiger partial charge < -0.3 is 10.1 Å². The molecule has 1 saturated carbocycles. The maximum absolute atomic E-state index is 6.39. The topological polar surface area (TPSA) is 21.3 Å². The first-order valence-corrected chi connectivity index (χ1v) is 7.42. The van der Waals surface area contributed by atoms with Gasteiger partial charge >= 0.3 is 0 Å². The van der Waals surface area contributed by atoms with Crippen LogP contribution in [0.3, 0.4) is 0 Å². The number of hydrogen-bond donors (Lipinski definition) is 1. The molecule has 0 saturated heterocycles. The van der Waals surface area contributed by atoms with E-state index in [0.29, 0.717) is 11.5 Å². The minimum atomic E-state index is -0.0472. The van der Waals surface area contributed by atoms with Crippen molar-refractivity contribution in [3.05, 3.63) is 28.2 Å². The van der Waals surface area contributed by atoms with Crippen molar-refractivity contribution < 1.29 is 4.74 Å². The first-order valence-electron chi connectivity index (χ1n) is 6.63. The Hall–Kier alpha value is -0.540. The van der Waals surface area contributed by atoms with Crippen LogP contribution in [0.25, 0.3) is 0 Å². The van der Waals surface area contributed by atoms with E-state index in [4.69, 9.17) is 4.74 Å². The largest absolute Gasteiger partial charge is 0.487 e. The van der Waals surface area contributed by atoms with Crippen molar-refractivity contribution in [1.29, 1.82) is 0 Å². The van der Waals surface area contributed by atoms with Crippen LogP contribution in [0, 0.1) is 5.41 Å². The monoisotopic (exact) mass is 309 g/mol. The van der Waals surface area contributed by atoms with E-state index >= 15 is 0 Å². The van der Waals surface area contributed by atoms with Crippen molar-refractivity contribution in [2.75, 3.05) is 7.05 Å². The smallest absolute Gasteiger partial charge is 0.126 e.